The van der Waals surface area contributed by atoms with Crippen LogP contribution >= 0.6 is 0 Å². The number of ether oxygens (including phenoxy) is 1. The van der Waals surface area contributed by atoms with Gasteiger partial charge in [-0.3, -0.25) is 0 Å². The zero-order valence-corrected chi connectivity index (χ0v) is 11.9. The molecule has 0 radical (unpaired) electrons. The molecule has 0 amide bonds. The van der Waals surface area contributed by atoms with Crippen molar-refractivity contribution in [3.8, 4) is 5.75 Å². The van der Waals surface area contributed by atoms with Crippen molar-refractivity contribution in [2.75, 3.05) is 6.61 Å². The van der Waals surface area contributed by atoms with Gasteiger partial charge in [-0.05, 0) is 36.1 Å². The Morgan fingerprint density at radius 2 is 1.71 bits per heavy atom. The summed E-state index contributed by atoms with van der Waals surface area (Å²) in [6.45, 7) is 0.680. The molecule has 2 aromatic carbocycles. The largest absolute Gasteiger partial charge is 0.508 e. The second-order valence-electron chi connectivity index (χ2n) is 5.34. The third-order valence-corrected chi connectivity index (χ3v) is 3.65. The van der Waals surface area contributed by atoms with Gasteiger partial charge in [0.25, 0.3) is 0 Å². The lowest BCUT2D eigenvalue weighted by atomic mass is 10.1. The van der Waals surface area contributed by atoms with Gasteiger partial charge >= 0.3 is 0 Å². The maximum atomic E-state index is 9.26. The van der Waals surface area contributed by atoms with Gasteiger partial charge in [0.1, 0.15) is 12.4 Å². The summed E-state index contributed by atoms with van der Waals surface area (Å²) in [4.78, 5) is 4.66. The number of aliphatic imine (C=N–C) groups is 1. The standard InChI is InChI=1S/C18H19NO2/c20-17-9-6-14(7-10-17)8-11-18-19-16(13-21-18)12-15-4-2-1-3-5-15/h1-7,9-10,16,20H,8,11-13H2/t16-/m0/s1. The first-order valence-electron chi connectivity index (χ1n) is 7.31. The second kappa shape index (κ2) is 6.44. The quantitative estimate of drug-likeness (QED) is 0.913. The molecule has 0 aromatic heterocycles. The van der Waals surface area contributed by atoms with E-state index in [0.29, 0.717) is 12.4 Å². The van der Waals surface area contributed by atoms with Crippen molar-refractivity contribution in [3.05, 3.63) is 65.7 Å². The monoisotopic (exact) mass is 281 g/mol. The fourth-order valence-electron chi connectivity index (χ4n) is 2.51. The number of aryl methyl sites for hydroxylation is 1. The first kappa shape index (κ1) is 13.7. The van der Waals surface area contributed by atoms with E-state index in [-0.39, 0.29) is 6.04 Å². The van der Waals surface area contributed by atoms with Gasteiger partial charge in [-0.15, -0.1) is 0 Å². The van der Waals surface area contributed by atoms with E-state index in [1.54, 1.807) is 12.1 Å². The van der Waals surface area contributed by atoms with Gasteiger partial charge in [-0.2, -0.15) is 0 Å². The lowest BCUT2D eigenvalue weighted by molar-refractivity contribution is 0.309. The summed E-state index contributed by atoms with van der Waals surface area (Å²) in [6, 6.07) is 17.9. The molecule has 0 saturated heterocycles. The Morgan fingerprint density at radius 1 is 0.952 bits per heavy atom. The first-order valence-corrected chi connectivity index (χ1v) is 7.31. The van der Waals surface area contributed by atoms with Crippen LogP contribution in [0.15, 0.2) is 59.6 Å². The summed E-state index contributed by atoms with van der Waals surface area (Å²) in [5.74, 6) is 1.15. The minimum atomic E-state index is 0.238. The molecule has 2 aromatic rings. The van der Waals surface area contributed by atoms with Gasteiger partial charge in [0, 0.05) is 6.42 Å². The van der Waals surface area contributed by atoms with E-state index in [0.717, 1.165) is 25.2 Å². The summed E-state index contributed by atoms with van der Waals surface area (Å²) in [5, 5.41) is 9.26. The fourth-order valence-corrected chi connectivity index (χ4v) is 2.51. The molecule has 0 aliphatic carbocycles. The van der Waals surface area contributed by atoms with Gasteiger partial charge in [-0.25, -0.2) is 4.99 Å². The molecule has 1 aliphatic heterocycles. The molecule has 1 heterocycles. The van der Waals surface area contributed by atoms with Crippen molar-refractivity contribution in [1.29, 1.82) is 0 Å². The molecule has 0 fully saturated rings. The number of hydrogen-bond donors (Lipinski definition) is 1. The normalized spacial score (nSPS) is 17.3. The van der Waals surface area contributed by atoms with Crippen molar-refractivity contribution >= 4 is 5.90 Å². The van der Waals surface area contributed by atoms with Crippen LogP contribution in [0.2, 0.25) is 0 Å². The Balaban J connectivity index is 1.53. The molecule has 1 N–H and O–H groups in total. The molecule has 1 aliphatic rings. The molecule has 1 atom stereocenters. The molecule has 0 saturated carbocycles. The molecule has 3 nitrogen and oxygen atoms in total. The SMILES string of the molecule is Oc1ccc(CCC2=N[C@@H](Cc3ccccc3)CO2)cc1. The third-order valence-electron chi connectivity index (χ3n) is 3.65. The maximum Gasteiger partial charge on any atom is 0.183 e. The van der Waals surface area contributed by atoms with E-state index in [2.05, 4.69) is 29.3 Å². The number of phenols is 1. The van der Waals surface area contributed by atoms with Crippen LogP contribution in [-0.4, -0.2) is 23.7 Å². The Morgan fingerprint density at radius 3 is 2.48 bits per heavy atom. The highest BCUT2D eigenvalue weighted by Crippen LogP contribution is 2.16. The van der Waals surface area contributed by atoms with Crippen molar-refractivity contribution in [1.82, 2.24) is 0 Å². The first-order chi connectivity index (χ1) is 10.3. The summed E-state index contributed by atoms with van der Waals surface area (Å²) in [6.07, 6.45) is 2.64. The number of phenolic OH excluding ortho intramolecular Hbond substituents is 1. The molecule has 21 heavy (non-hydrogen) atoms. The topological polar surface area (TPSA) is 41.8 Å². The average molecular weight is 281 g/mol. The number of benzene rings is 2. The van der Waals surface area contributed by atoms with Crippen LogP contribution in [0, 0.1) is 0 Å². The van der Waals surface area contributed by atoms with Crippen LogP contribution in [0.25, 0.3) is 0 Å². The van der Waals surface area contributed by atoms with Gasteiger partial charge in [0.05, 0.1) is 6.04 Å². The van der Waals surface area contributed by atoms with Crippen LogP contribution in [-0.2, 0) is 17.6 Å². The number of rotatable bonds is 5. The van der Waals surface area contributed by atoms with Crippen molar-refractivity contribution in [3.63, 3.8) is 0 Å². The maximum absolute atomic E-state index is 9.26. The summed E-state index contributed by atoms with van der Waals surface area (Å²) >= 11 is 0. The highest BCUT2D eigenvalue weighted by atomic mass is 16.5. The van der Waals surface area contributed by atoms with Crippen LogP contribution in [0.4, 0.5) is 0 Å². The minimum Gasteiger partial charge on any atom is -0.508 e. The molecule has 3 rings (SSSR count). The summed E-state index contributed by atoms with van der Waals surface area (Å²) < 4.78 is 5.68. The third kappa shape index (κ3) is 3.85. The zero-order chi connectivity index (χ0) is 14.5. The fraction of sp³-hybridized carbons (Fsp3) is 0.278. The Labute approximate surface area is 124 Å². The van der Waals surface area contributed by atoms with Gasteiger partial charge in [0.15, 0.2) is 5.90 Å². The van der Waals surface area contributed by atoms with E-state index < -0.39 is 0 Å². The molecule has 0 bridgehead atoms. The molecule has 108 valence electrons. The Hall–Kier alpha value is -2.29. The van der Waals surface area contributed by atoms with Gasteiger partial charge in [-0.1, -0.05) is 42.5 Å². The van der Waals surface area contributed by atoms with Crippen LogP contribution in [0.5, 0.6) is 5.75 Å². The predicted octanol–water partition coefficient (Wildman–Crippen LogP) is 3.36. The molecule has 0 unspecified atom stereocenters. The second-order valence-corrected chi connectivity index (χ2v) is 5.34. The predicted molar refractivity (Wildman–Crippen MR) is 83.7 cm³/mol. The summed E-state index contributed by atoms with van der Waals surface area (Å²) in [5.41, 5.74) is 2.49. The van der Waals surface area contributed by atoms with Crippen molar-refractivity contribution in [2.24, 2.45) is 4.99 Å². The van der Waals surface area contributed by atoms with Crippen LogP contribution in [0.1, 0.15) is 17.5 Å². The van der Waals surface area contributed by atoms with E-state index in [9.17, 15) is 5.11 Å². The molecular weight excluding hydrogens is 262 g/mol. The lowest BCUT2D eigenvalue weighted by Gasteiger charge is -2.04. The highest BCUT2D eigenvalue weighted by Gasteiger charge is 2.18. The number of hydrogen-bond acceptors (Lipinski definition) is 3. The van der Waals surface area contributed by atoms with E-state index >= 15 is 0 Å². The van der Waals surface area contributed by atoms with Crippen LogP contribution in [0.3, 0.4) is 0 Å². The number of nitrogens with zero attached hydrogens (tertiary/aromatic N) is 1. The summed E-state index contributed by atoms with van der Waals surface area (Å²) in [7, 11) is 0. The molecular formula is C18H19NO2. The van der Waals surface area contributed by atoms with E-state index in [1.165, 1.54) is 11.1 Å². The van der Waals surface area contributed by atoms with Crippen molar-refractivity contribution in [2.45, 2.75) is 25.3 Å². The average Bonchev–Trinajstić information content (AvgIpc) is 2.95. The smallest absolute Gasteiger partial charge is 0.183 e. The van der Waals surface area contributed by atoms with Crippen LogP contribution < -0.4 is 0 Å². The van der Waals surface area contributed by atoms with Gasteiger partial charge in [0.2, 0.25) is 0 Å². The zero-order valence-electron chi connectivity index (χ0n) is 11.9. The van der Waals surface area contributed by atoms with Crippen molar-refractivity contribution < 1.29 is 9.84 Å². The number of aromatic hydroxyl groups is 1. The Kier molecular flexibility index (Phi) is 4.20. The van der Waals surface area contributed by atoms with Gasteiger partial charge < -0.3 is 9.84 Å². The van der Waals surface area contributed by atoms with E-state index in [1.807, 2.05) is 18.2 Å². The van der Waals surface area contributed by atoms with E-state index in [4.69, 9.17) is 4.74 Å². The molecule has 3 heteroatoms. The minimum absolute atomic E-state index is 0.238. The molecule has 0 spiro atoms. The lowest BCUT2D eigenvalue weighted by Crippen LogP contribution is -2.09. The Bertz CT molecular complexity index is 605. The highest BCUT2D eigenvalue weighted by molar-refractivity contribution is 5.78.